The second-order valence-electron chi connectivity index (χ2n) is 4.66. The van der Waals surface area contributed by atoms with Crippen molar-refractivity contribution in [2.24, 2.45) is 7.05 Å². The second-order valence-corrected chi connectivity index (χ2v) is 4.66. The molecule has 0 amide bonds. The molecule has 0 aliphatic rings. The van der Waals surface area contributed by atoms with E-state index in [9.17, 15) is 28.3 Å². The standard InChI is InChI=1S/C14H11F2NO5/c1-17-12-7(16)3-2-6(15)10(12)13(21)11(14(17)22)8(18)4-5-9(19)20/h2-3,21H,4-5H2,1H3,(H,19,20). The van der Waals surface area contributed by atoms with Crippen LogP contribution >= 0.6 is 0 Å². The molecule has 116 valence electrons. The van der Waals surface area contributed by atoms with E-state index in [1.54, 1.807) is 0 Å². The zero-order valence-corrected chi connectivity index (χ0v) is 11.4. The summed E-state index contributed by atoms with van der Waals surface area (Å²) in [6.45, 7) is 0. The maximum absolute atomic E-state index is 13.8. The van der Waals surface area contributed by atoms with E-state index in [4.69, 9.17) is 5.11 Å². The van der Waals surface area contributed by atoms with E-state index in [0.29, 0.717) is 4.57 Å². The molecule has 0 fully saturated rings. The minimum atomic E-state index is -1.26. The van der Waals surface area contributed by atoms with Gasteiger partial charge in [-0.05, 0) is 12.1 Å². The fourth-order valence-corrected chi connectivity index (χ4v) is 2.19. The number of fused-ring (bicyclic) bond motifs is 1. The van der Waals surface area contributed by atoms with Gasteiger partial charge < -0.3 is 14.8 Å². The van der Waals surface area contributed by atoms with E-state index in [0.717, 1.165) is 19.2 Å². The Kier molecular flexibility index (Phi) is 3.94. The molecular weight excluding hydrogens is 300 g/mol. The lowest BCUT2D eigenvalue weighted by molar-refractivity contribution is -0.136. The van der Waals surface area contributed by atoms with E-state index >= 15 is 0 Å². The van der Waals surface area contributed by atoms with Crippen LogP contribution in [-0.4, -0.2) is 26.5 Å². The Bertz CT molecular complexity index is 857. The highest BCUT2D eigenvalue weighted by molar-refractivity contribution is 6.04. The number of nitrogens with zero attached hydrogens (tertiary/aromatic N) is 1. The first-order valence-electron chi connectivity index (χ1n) is 6.20. The number of carboxylic acid groups (broad SMARTS) is 1. The van der Waals surface area contributed by atoms with Crippen molar-refractivity contribution >= 4 is 22.7 Å². The predicted octanol–water partition coefficient (Wildman–Crippen LogP) is 1.57. The lowest BCUT2D eigenvalue weighted by Gasteiger charge is -2.12. The lowest BCUT2D eigenvalue weighted by atomic mass is 10.0. The van der Waals surface area contributed by atoms with Crippen molar-refractivity contribution in [3.8, 4) is 5.75 Å². The van der Waals surface area contributed by atoms with Crippen LogP contribution in [0.25, 0.3) is 10.9 Å². The largest absolute Gasteiger partial charge is 0.506 e. The first kappa shape index (κ1) is 15.6. The van der Waals surface area contributed by atoms with Crippen LogP contribution in [0.5, 0.6) is 5.75 Å². The summed E-state index contributed by atoms with van der Waals surface area (Å²) in [4.78, 5) is 34.5. The number of aliphatic carboxylic acids is 1. The zero-order valence-electron chi connectivity index (χ0n) is 11.4. The van der Waals surface area contributed by atoms with Crippen molar-refractivity contribution in [2.75, 3.05) is 0 Å². The molecule has 0 aliphatic carbocycles. The van der Waals surface area contributed by atoms with Crippen LogP contribution in [0.1, 0.15) is 23.2 Å². The monoisotopic (exact) mass is 311 g/mol. The molecule has 2 aromatic rings. The van der Waals surface area contributed by atoms with Crippen molar-refractivity contribution < 1.29 is 28.6 Å². The third kappa shape index (κ3) is 2.43. The molecule has 0 radical (unpaired) electrons. The molecule has 0 spiro atoms. The molecule has 2 N–H and O–H groups in total. The van der Waals surface area contributed by atoms with Crippen molar-refractivity contribution in [3.05, 3.63) is 39.7 Å². The number of aryl methyl sites for hydroxylation is 1. The van der Waals surface area contributed by atoms with E-state index in [1.165, 1.54) is 0 Å². The Labute approximate surface area is 122 Å². The van der Waals surface area contributed by atoms with Gasteiger partial charge in [0.2, 0.25) is 0 Å². The van der Waals surface area contributed by atoms with Gasteiger partial charge in [0.1, 0.15) is 22.9 Å². The Morgan fingerprint density at radius 3 is 2.36 bits per heavy atom. The average Bonchev–Trinajstić information content (AvgIpc) is 2.45. The summed E-state index contributed by atoms with van der Waals surface area (Å²) in [7, 11) is 1.13. The molecule has 0 saturated heterocycles. The molecule has 1 aromatic carbocycles. The third-order valence-corrected chi connectivity index (χ3v) is 3.25. The fourth-order valence-electron chi connectivity index (χ4n) is 2.19. The summed E-state index contributed by atoms with van der Waals surface area (Å²) < 4.78 is 28.3. The number of aromatic nitrogens is 1. The van der Waals surface area contributed by atoms with Crippen LogP contribution in [0.15, 0.2) is 16.9 Å². The molecule has 0 atom stereocenters. The van der Waals surface area contributed by atoms with Crippen molar-refractivity contribution in [2.45, 2.75) is 12.8 Å². The molecule has 0 bridgehead atoms. The normalized spacial score (nSPS) is 10.9. The number of rotatable bonds is 4. The number of hydrogen-bond acceptors (Lipinski definition) is 4. The molecular formula is C14H11F2NO5. The summed E-state index contributed by atoms with van der Waals surface area (Å²) >= 11 is 0. The zero-order chi connectivity index (χ0) is 16.6. The van der Waals surface area contributed by atoms with Crippen LogP contribution in [0, 0.1) is 11.6 Å². The Morgan fingerprint density at radius 2 is 1.77 bits per heavy atom. The number of ketones is 1. The summed E-state index contributed by atoms with van der Waals surface area (Å²) in [5.41, 5.74) is -2.25. The Balaban J connectivity index is 2.77. The van der Waals surface area contributed by atoms with Gasteiger partial charge in [0.05, 0.1) is 17.3 Å². The van der Waals surface area contributed by atoms with Gasteiger partial charge in [-0.2, -0.15) is 0 Å². The molecule has 1 aromatic heterocycles. The number of hydrogen-bond donors (Lipinski definition) is 2. The first-order chi connectivity index (χ1) is 10.3. The molecule has 0 saturated carbocycles. The number of Topliss-reactive ketones (excluding diaryl/α,β-unsaturated/α-hetero) is 1. The topological polar surface area (TPSA) is 96.6 Å². The van der Waals surface area contributed by atoms with Crippen LogP contribution in [-0.2, 0) is 11.8 Å². The Hall–Kier alpha value is -2.77. The highest BCUT2D eigenvalue weighted by Gasteiger charge is 2.24. The summed E-state index contributed by atoms with van der Waals surface area (Å²) in [5, 5.41) is 18.0. The van der Waals surface area contributed by atoms with E-state index in [-0.39, 0.29) is 0 Å². The number of halogens is 2. The Morgan fingerprint density at radius 1 is 1.18 bits per heavy atom. The van der Waals surface area contributed by atoms with Gasteiger partial charge in [-0.3, -0.25) is 14.4 Å². The van der Waals surface area contributed by atoms with Crippen LogP contribution in [0.2, 0.25) is 0 Å². The van der Waals surface area contributed by atoms with Gasteiger partial charge >= 0.3 is 5.97 Å². The number of carbonyl (C=O) groups excluding carboxylic acids is 1. The molecule has 1 heterocycles. The first-order valence-corrected chi connectivity index (χ1v) is 6.20. The third-order valence-electron chi connectivity index (χ3n) is 3.25. The molecule has 2 rings (SSSR count). The average molecular weight is 311 g/mol. The van der Waals surface area contributed by atoms with Crippen LogP contribution in [0.4, 0.5) is 8.78 Å². The maximum Gasteiger partial charge on any atom is 0.303 e. The van der Waals surface area contributed by atoms with E-state index < -0.39 is 64.0 Å². The number of benzene rings is 1. The van der Waals surface area contributed by atoms with Crippen molar-refractivity contribution in [1.82, 2.24) is 4.57 Å². The van der Waals surface area contributed by atoms with Gasteiger partial charge in [0.15, 0.2) is 5.78 Å². The molecule has 0 unspecified atom stereocenters. The smallest absolute Gasteiger partial charge is 0.303 e. The molecule has 22 heavy (non-hydrogen) atoms. The predicted molar refractivity (Wildman–Crippen MR) is 72.0 cm³/mol. The van der Waals surface area contributed by atoms with Crippen LogP contribution in [0.3, 0.4) is 0 Å². The maximum atomic E-state index is 13.8. The van der Waals surface area contributed by atoms with Gasteiger partial charge in [0, 0.05) is 13.5 Å². The molecule has 8 heteroatoms. The van der Waals surface area contributed by atoms with Gasteiger partial charge in [0.25, 0.3) is 5.56 Å². The second kappa shape index (κ2) is 5.55. The molecule has 0 aliphatic heterocycles. The van der Waals surface area contributed by atoms with Gasteiger partial charge in [-0.25, -0.2) is 8.78 Å². The van der Waals surface area contributed by atoms with Gasteiger partial charge in [-0.15, -0.1) is 0 Å². The lowest BCUT2D eigenvalue weighted by Crippen LogP contribution is -2.26. The summed E-state index contributed by atoms with van der Waals surface area (Å²) in [5.74, 6) is -5.13. The van der Waals surface area contributed by atoms with E-state index in [1.807, 2.05) is 0 Å². The van der Waals surface area contributed by atoms with Crippen molar-refractivity contribution in [1.29, 1.82) is 0 Å². The quantitative estimate of drug-likeness (QED) is 0.835. The highest BCUT2D eigenvalue weighted by atomic mass is 19.1. The fraction of sp³-hybridized carbons (Fsp3) is 0.214. The SMILES string of the molecule is Cn1c(=O)c(C(=O)CCC(=O)O)c(O)c2c(F)ccc(F)c21. The summed E-state index contributed by atoms with van der Waals surface area (Å²) in [6, 6.07) is 1.55. The number of carboxylic acids is 1. The van der Waals surface area contributed by atoms with Crippen molar-refractivity contribution in [3.63, 3.8) is 0 Å². The molecule has 6 nitrogen and oxygen atoms in total. The summed E-state index contributed by atoms with van der Waals surface area (Å²) in [6.07, 6.45) is -1.09. The number of pyridine rings is 1. The minimum absolute atomic E-state index is 0.475. The number of aromatic hydroxyl groups is 1. The van der Waals surface area contributed by atoms with Gasteiger partial charge in [-0.1, -0.05) is 0 Å². The highest BCUT2D eigenvalue weighted by Crippen LogP contribution is 2.30. The van der Waals surface area contributed by atoms with Crippen LogP contribution < -0.4 is 5.56 Å². The van der Waals surface area contributed by atoms with E-state index in [2.05, 4.69) is 0 Å². The minimum Gasteiger partial charge on any atom is -0.506 e. The number of carbonyl (C=O) groups is 2.